The van der Waals surface area contributed by atoms with Gasteiger partial charge in [0, 0.05) is 5.56 Å². The maximum absolute atomic E-state index is 9.51. The molecule has 0 aliphatic carbocycles. The van der Waals surface area contributed by atoms with Crippen LogP contribution in [0.2, 0.25) is 10.0 Å². The van der Waals surface area contributed by atoms with Crippen LogP contribution in [-0.4, -0.2) is 21.4 Å². The quantitative estimate of drug-likeness (QED) is 0.936. The van der Waals surface area contributed by atoms with Gasteiger partial charge in [-0.05, 0) is 24.6 Å². The molecule has 0 aliphatic heterocycles. The summed E-state index contributed by atoms with van der Waals surface area (Å²) in [6.45, 7) is 1.89. The molecule has 1 atom stereocenters. The minimum atomic E-state index is -0.466. The fraction of sp³-hybridized carbons (Fsp3) is 0.333. The summed E-state index contributed by atoms with van der Waals surface area (Å²) in [5, 5.41) is 14.3. The summed E-state index contributed by atoms with van der Waals surface area (Å²) in [5.41, 5.74) is 0.727. The lowest BCUT2D eigenvalue weighted by Gasteiger charge is -2.01. The highest BCUT2D eigenvalue weighted by Crippen LogP contribution is 2.27. The number of nitrogens with zero attached hydrogens (tertiary/aromatic N) is 2. The van der Waals surface area contributed by atoms with E-state index in [9.17, 15) is 5.11 Å². The van der Waals surface area contributed by atoms with Crippen molar-refractivity contribution in [3.05, 3.63) is 34.1 Å². The van der Waals surface area contributed by atoms with Crippen LogP contribution in [0.25, 0.3) is 11.4 Å². The normalized spacial score (nSPS) is 12.7. The molecule has 1 unspecified atom stereocenters. The first kappa shape index (κ1) is 13.3. The number of aliphatic hydroxyl groups excluding tert-OH is 1. The lowest BCUT2D eigenvalue weighted by atomic mass is 10.2. The Labute approximate surface area is 115 Å². The topological polar surface area (TPSA) is 59.2 Å². The van der Waals surface area contributed by atoms with Gasteiger partial charge in [0.25, 0.3) is 0 Å². The minimum absolute atomic E-state index is 0.352. The second-order valence-electron chi connectivity index (χ2n) is 3.91. The van der Waals surface area contributed by atoms with Crippen LogP contribution in [0, 0.1) is 0 Å². The summed E-state index contributed by atoms with van der Waals surface area (Å²) in [4.78, 5) is 4.20. The number of aliphatic hydroxyl groups is 1. The molecule has 18 heavy (non-hydrogen) atoms. The van der Waals surface area contributed by atoms with Crippen molar-refractivity contribution in [3.8, 4) is 11.4 Å². The summed E-state index contributed by atoms with van der Waals surface area (Å²) >= 11 is 11.8. The Hall–Kier alpha value is -1.10. The van der Waals surface area contributed by atoms with Crippen molar-refractivity contribution in [2.45, 2.75) is 25.9 Å². The number of hydrogen-bond donors (Lipinski definition) is 1. The average Bonchev–Trinajstić information content (AvgIpc) is 2.81. The van der Waals surface area contributed by atoms with Crippen molar-refractivity contribution < 1.29 is 9.63 Å². The van der Waals surface area contributed by atoms with Gasteiger partial charge in [-0.25, -0.2) is 0 Å². The Balaban J connectivity index is 2.21. The summed E-state index contributed by atoms with van der Waals surface area (Å²) in [6, 6.07) is 5.12. The molecule has 0 saturated carbocycles. The Bertz CT molecular complexity index is 543. The highest BCUT2D eigenvalue weighted by atomic mass is 35.5. The zero-order valence-electron chi connectivity index (χ0n) is 9.73. The Morgan fingerprint density at radius 2 is 2.11 bits per heavy atom. The monoisotopic (exact) mass is 286 g/mol. The number of rotatable bonds is 4. The predicted octanol–water partition coefficient (Wildman–Crippen LogP) is 3.36. The second kappa shape index (κ2) is 5.69. The molecule has 4 nitrogen and oxygen atoms in total. The molecule has 0 spiro atoms. The minimum Gasteiger partial charge on any atom is -0.393 e. The van der Waals surface area contributed by atoms with Crippen LogP contribution < -0.4 is 0 Å². The fourth-order valence-corrected chi connectivity index (χ4v) is 1.73. The average molecular weight is 287 g/mol. The van der Waals surface area contributed by atoms with E-state index < -0.39 is 6.10 Å². The first-order valence-corrected chi connectivity index (χ1v) is 6.31. The lowest BCUT2D eigenvalue weighted by molar-refractivity contribution is 0.158. The van der Waals surface area contributed by atoms with Crippen LogP contribution in [0.15, 0.2) is 22.7 Å². The van der Waals surface area contributed by atoms with Crippen molar-refractivity contribution in [3.63, 3.8) is 0 Å². The molecule has 1 aromatic heterocycles. The van der Waals surface area contributed by atoms with Crippen LogP contribution in [0.4, 0.5) is 0 Å². The molecule has 0 bridgehead atoms. The zero-order valence-corrected chi connectivity index (χ0v) is 11.2. The van der Waals surface area contributed by atoms with Crippen LogP contribution in [0.5, 0.6) is 0 Å². The van der Waals surface area contributed by atoms with E-state index in [1.54, 1.807) is 18.2 Å². The van der Waals surface area contributed by atoms with Crippen LogP contribution >= 0.6 is 23.2 Å². The van der Waals surface area contributed by atoms with Gasteiger partial charge in [0.2, 0.25) is 11.7 Å². The van der Waals surface area contributed by atoms with E-state index in [2.05, 4.69) is 10.1 Å². The van der Waals surface area contributed by atoms with Crippen molar-refractivity contribution in [1.82, 2.24) is 10.1 Å². The molecule has 6 heteroatoms. The predicted molar refractivity (Wildman–Crippen MR) is 69.8 cm³/mol. The molecule has 0 fully saturated rings. The molecule has 1 heterocycles. The van der Waals surface area contributed by atoms with Crippen molar-refractivity contribution >= 4 is 23.2 Å². The molecule has 1 aromatic carbocycles. The van der Waals surface area contributed by atoms with Gasteiger partial charge < -0.3 is 9.63 Å². The van der Waals surface area contributed by atoms with Gasteiger partial charge in [-0.2, -0.15) is 4.98 Å². The second-order valence-corrected chi connectivity index (χ2v) is 4.72. The third-order valence-electron chi connectivity index (χ3n) is 2.53. The van der Waals surface area contributed by atoms with Gasteiger partial charge >= 0.3 is 0 Å². The summed E-state index contributed by atoms with van der Waals surface area (Å²) < 4.78 is 5.06. The van der Waals surface area contributed by atoms with Crippen molar-refractivity contribution in [2.75, 3.05) is 0 Å². The third-order valence-corrected chi connectivity index (χ3v) is 3.27. The first-order valence-electron chi connectivity index (χ1n) is 5.56. The largest absolute Gasteiger partial charge is 0.393 e. The van der Waals surface area contributed by atoms with Gasteiger partial charge in [-0.15, -0.1) is 0 Å². The summed E-state index contributed by atoms with van der Waals surface area (Å²) in [7, 11) is 0. The standard InChI is InChI=1S/C12H12Cl2N2O2/c1-2-8(17)6-11-15-12(16-18-11)7-3-4-9(13)10(14)5-7/h3-5,8,17H,2,6H2,1H3. The van der Waals surface area contributed by atoms with Gasteiger partial charge in [0.05, 0.1) is 22.6 Å². The molecule has 96 valence electrons. The molecular formula is C12H12Cl2N2O2. The first-order chi connectivity index (χ1) is 8.60. The third kappa shape index (κ3) is 3.02. The SMILES string of the molecule is CCC(O)Cc1nc(-c2ccc(Cl)c(Cl)c2)no1. The molecule has 2 rings (SSSR count). The van der Waals surface area contributed by atoms with E-state index in [4.69, 9.17) is 27.7 Å². The van der Waals surface area contributed by atoms with Crippen LogP contribution in [0.3, 0.4) is 0 Å². The Kier molecular flexibility index (Phi) is 4.22. The highest BCUT2D eigenvalue weighted by molar-refractivity contribution is 6.42. The van der Waals surface area contributed by atoms with E-state index in [1.165, 1.54) is 0 Å². The van der Waals surface area contributed by atoms with Crippen LogP contribution in [0.1, 0.15) is 19.2 Å². The van der Waals surface area contributed by atoms with Crippen molar-refractivity contribution in [1.29, 1.82) is 0 Å². The van der Waals surface area contributed by atoms with E-state index >= 15 is 0 Å². The zero-order chi connectivity index (χ0) is 13.1. The molecule has 0 amide bonds. The Morgan fingerprint density at radius 1 is 1.33 bits per heavy atom. The lowest BCUT2D eigenvalue weighted by Crippen LogP contribution is -2.08. The molecule has 1 N–H and O–H groups in total. The number of benzene rings is 1. The van der Waals surface area contributed by atoms with Gasteiger partial charge in [-0.3, -0.25) is 0 Å². The van der Waals surface area contributed by atoms with Crippen LogP contribution in [-0.2, 0) is 6.42 Å². The molecular weight excluding hydrogens is 275 g/mol. The van der Waals surface area contributed by atoms with E-state index in [0.29, 0.717) is 34.6 Å². The fourth-order valence-electron chi connectivity index (χ4n) is 1.44. The number of halogens is 2. The maximum Gasteiger partial charge on any atom is 0.229 e. The van der Waals surface area contributed by atoms with E-state index in [-0.39, 0.29) is 0 Å². The van der Waals surface area contributed by atoms with Crippen molar-refractivity contribution in [2.24, 2.45) is 0 Å². The Morgan fingerprint density at radius 3 is 2.78 bits per heavy atom. The highest BCUT2D eigenvalue weighted by Gasteiger charge is 2.12. The molecule has 0 saturated heterocycles. The number of hydrogen-bond acceptors (Lipinski definition) is 4. The smallest absolute Gasteiger partial charge is 0.229 e. The molecule has 2 aromatic rings. The number of aromatic nitrogens is 2. The summed E-state index contributed by atoms with van der Waals surface area (Å²) in [6.07, 6.45) is 0.530. The molecule has 0 radical (unpaired) electrons. The summed E-state index contributed by atoms with van der Waals surface area (Å²) in [5.74, 6) is 0.845. The van der Waals surface area contributed by atoms with Gasteiger partial charge in [-0.1, -0.05) is 35.3 Å². The maximum atomic E-state index is 9.51. The van der Waals surface area contributed by atoms with Gasteiger partial charge in [0.15, 0.2) is 0 Å². The van der Waals surface area contributed by atoms with E-state index in [1.807, 2.05) is 6.92 Å². The molecule has 0 aliphatic rings. The van der Waals surface area contributed by atoms with Gasteiger partial charge in [0.1, 0.15) is 0 Å². The van der Waals surface area contributed by atoms with E-state index in [0.717, 1.165) is 5.56 Å².